The van der Waals surface area contributed by atoms with Crippen molar-refractivity contribution in [1.82, 2.24) is 9.88 Å². The maximum atomic E-state index is 12.1. The van der Waals surface area contributed by atoms with Crippen molar-refractivity contribution in [3.63, 3.8) is 0 Å². The summed E-state index contributed by atoms with van der Waals surface area (Å²) < 4.78 is 4.99. The molecule has 0 saturated carbocycles. The molecule has 0 spiro atoms. The molecule has 18 heavy (non-hydrogen) atoms. The van der Waals surface area contributed by atoms with Crippen LogP contribution in [0, 0.1) is 13.8 Å². The number of aromatic amines is 1. The number of nitrogens with one attached hydrogen (secondary N) is 1. The number of nitrogens with zero attached hydrogens (tertiary/aromatic N) is 1. The van der Waals surface area contributed by atoms with Crippen LogP contribution in [-0.2, 0) is 4.74 Å². The van der Waals surface area contributed by atoms with E-state index in [1.54, 1.807) is 32.7 Å². The van der Waals surface area contributed by atoms with Crippen LogP contribution >= 0.6 is 0 Å². The Morgan fingerprint density at radius 1 is 1.28 bits per heavy atom. The van der Waals surface area contributed by atoms with Gasteiger partial charge in [0.1, 0.15) is 5.69 Å². The van der Waals surface area contributed by atoms with E-state index in [1.807, 2.05) is 6.92 Å². The molecular formula is C13H20N2O3. The second kappa shape index (κ2) is 5.71. The lowest BCUT2D eigenvalue weighted by Crippen LogP contribution is -2.27. The smallest absolute Gasteiger partial charge is 0.340 e. The zero-order valence-electron chi connectivity index (χ0n) is 11.6. The number of hydrogen-bond donors (Lipinski definition) is 1. The van der Waals surface area contributed by atoms with Crippen LogP contribution in [-0.4, -0.2) is 42.0 Å². The van der Waals surface area contributed by atoms with Crippen LogP contribution in [0.4, 0.5) is 0 Å². The summed E-state index contributed by atoms with van der Waals surface area (Å²) in [5.41, 5.74) is 2.24. The molecule has 0 saturated heterocycles. The average Bonchev–Trinajstić information content (AvgIpc) is 2.63. The second-order valence-corrected chi connectivity index (χ2v) is 4.16. The van der Waals surface area contributed by atoms with E-state index in [4.69, 9.17) is 4.74 Å². The molecule has 1 aromatic heterocycles. The summed E-state index contributed by atoms with van der Waals surface area (Å²) in [6.45, 7) is 8.11. The standard InChI is InChI=1S/C13H20N2O3/c1-6-15(5)12(16)11-8(3)10(9(4)14-11)13(17)18-7-2/h14H,6-7H2,1-5H3. The van der Waals surface area contributed by atoms with Gasteiger partial charge in [0.2, 0.25) is 0 Å². The molecular weight excluding hydrogens is 232 g/mol. The third-order valence-electron chi connectivity index (χ3n) is 2.95. The first-order chi connectivity index (χ1) is 8.43. The predicted molar refractivity (Wildman–Crippen MR) is 68.9 cm³/mol. The SMILES string of the molecule is CCOC(=O)c1c(C)[nH]c(C(=O)N(C)CC)c1C. The Hall–Kier alpha value is -1.78. The summed E-state index contributed by atoms with van der Waals surface area (Å²) in [6, 6.07) is 0. The number of aromatic nitrogens is 1. The maximum absolute atomic E-state index is 12.1. The summed E-state index contributed by atoms with van der Waals surface area (Å²) in [6.07, 6.45) is 0. The Morgan fingerprint density at radius 2 is 1.89 bits per heavy atom. The highest BCUT2D eigenvalue weighted by atomic mass is 16.5. The third kappa shape index (κ3) is 2.55. The molecule has 1 aromatic rings. The highest BCUT2D eigenvalue weighted by molar-refractivity contribution is 6.00. The molecule has 1 rings (SSSR count). The van der Waals surface area contributed by atoms with Crippen molar-refractivity contribution >= 4 is 11.9 Å². The maximum Gasteiger partial charge on any atom is 0.340 e. The number of hydrogen-bond acceptors (Lipinski definition) is 3. The number of ether oxygens (including phenoxy) is 1. The first-order valence-corrected chi connectivity index (χ1v) is 6.05. The van der Waals surface area contributed by atoms with Crippen LogP contribution in [0.25, 0.3) is 0 Å². The van der Waals surface area contributed by atoms with Crippen molar-refractivity contribution in [3.8, 4) is 0 Å². The quantitative estimate of drug-likeness (QED) is 0.832. The highest BCUT2D eigenvalue weighted by Crippen LogP contribution is 2.20. The van der Waals surface area contributed by atoms with Gasteiger partial charge >= 0.3 is 5.97 Å². The van der Waals surface area contributed by atoms with Crippen LogP contribution in [0.3, 0.4) is 0 Å². The normalized spacial score (nSPS) is 10.3. The van der Waals surface area contributed by atoms with E-state index >= 15 is 0 Å². The van der Waals surface area contributed by atoms with Crippen molar-refractivity contribution in [3.05, 3.63) is 22.5 Å². The Kier molecular flexibility index (Phi) is 4.53. The minimum absolute atomic E-state index is 0.117. The number of carbonyl (C=O) groups is 2. The average molecular weight is 252 g/mol. The van der Waals surface area contributed by atoms with Gasteiger partial charge in [-0.3, -0.25) is 4.79 Å². The van der Waals surface area contributed by atoms with E-state index < -0.39 is 0 Å². The first kappa shape index (κ1) is 14.3. The van der Waals surface area contributed by atoms with E-state index in [0.717, 1.165) is 0 Å². The van der Waals surface area contributed by atoms with Crippen LogP contribution in [0.1, 0.15) is 46.0 Å². The Bertz CT molecular complexity index is 463. The zero-order valence-corrected chi connectivity index (χ0v) is 11.6. The van der Waals surface area contributed by atoms with Crippen LogP contribution < -0.4 is 0 Å². The first-order valence-electron chi connectivity index (χ1n) is 6.05. The molecule has 5 heteroatoms. The molecule has 0 aliphatic carbocycles. The lowest BCUT2D eigenvalue weighted by Gasteiger charge is -2.13. The van der Waals surface area contributed by atoms with E-state index in [-0.39, 0.29) is 11.9 Å². The van der Waals surface area contributed by atoms with Crippen molar-refractivity contribution in [1.29, 1.82) is 0 Å². The molecule has 0 aromatic carbocycles. The molecule has 0 unspecified atom stereocenters. The highest BCUT2D eigenvalue weighted by Gasteiger charge is 2.23. The van der Waals surface area contributed by atoms with E-state index in [2.05, 4.69) is 4.98 Å². The van der Waals surface area contributed by atoms with Gasteiger partial charge in [0.25, 0.3) is 5.91 Å². The van der Waals surface area contributed by atoms with Crippen molar-refractivity contribution in [2.45, 2.75) is 27.7 Å². The topological polar surface area (TPSA) is 62.4 Å². The van der Waals surface area contributed by atoms with Crippen molar-refractivity contribution < 1.29 is 14.3 Å². The lowest BCUT2D eigenvalue weighted by molar-refractivity contribution is 0.0525. The van der Waals surface area contributed by atoms with E-state index in [0.29, 0.717) is 35.7 Å². The largest absolute Gasteiger partial charge is 0.462 e. The molecule has 0 radical (unpaired) electrons. The molecule has 0 atom stereocenters. The fraction of sp³-hybridized carbons (Fsp3) is 0.538. The molecule has 0 fully saturated rings. The number of H-pyrrole nitrogens is 1. The number of amides is 1. The third-order valence-corrected chi connectivity index (χ3v) is 2.95. The van der Waals surface area contributed by atoms with Gasteiger partial charge in [-0.1, -0.05) is 0 Å². The summed E-state index contributed by atoms with van der Waals surface area (Å²) >= 11 is 0. The van der Waals surface area contributed by atoms with Gasteiger partial charge in [-0.25, -0.2) is 4.79 Å². The fourth-order valence-corrected chi connectivity index (χ4v) is 1.81. The summed E-state index contributed by atoms with van der Waals surface area (Å²) in [7, 11) is 1.72. The van der Waals surface area contributed by atoms with Gasteiger partial charge < -0.3 is 14.6 Å². The van der Waals surface area contributed by atoms with Crippen LogP contribution in [0.15, 0.2) is 0 Å². The minimum atomic E-state index is -0.387. The van der Waals surface area contributed by atoms with E-state index in [1.165, 1.54) is 0 Å². The minimum Gasteiger partial charge on any atom is -0.462 e. The molecule has 5 nitrogen and oxygen atoms in total. The van der Waals surface area contributed by atoms with Gasteiger partial charge in [0.15, 0.2) is 0 Å². The monoisotopic (exact) mass is 252 g/mol. The molecule has 0 bridgehead atoms. The van der Waals surface area contributed by atoms with Gasteiger partial charge in [-0.2, -0.15) is 0 Å². The Morgan fingerprint density at radius 3 is 2.39 bits per heavy atom. The predicted octanol–water partition coefficient (Wildman–Crippen LogP) is 1.90. The van der Waals surface area contributed by atoms with Crippen LogP contribution in [0.5, 0.6) is 0 Å². The number of rotatable bonds is 4. The zero-order chi connectivity index (χ0) is 13.9. The molecule has 0 aliphatic heterocycles. The van der Waals surface area contributed by atoms with Crippen molar-refractivity contribution in [2.24, 2.45) is 0 Å². The lowest BCUT2D eigenvalue weighted by atomic mass is 10.1. The van der Waals surface area contributed by atoms with Crippen molar-refractivity contribution in [2.75, 3.05) is 20.2 Å². The second-order valence-electron chi connectivity index (χ2n) is 4.16. The summed E-state index contributed by atoms with van der Waals surface area (Å²) in [5.74, 6) is -0.504. The summed E-state index contributed by atoms with van der Waals surface area (Å²) in [5, 5.41) is 0. The Balaban J connectivity index is 3.15. The Labute approximate surface area is 107 Å². The van der Waals surface area contributed by atoms with Gasteiger partial charge in [0, 0.05) is 19.3 Å². The fourth-order valence-electron chi connectivity index (χ4n) is 1.81. The molecule has 1 heterocycles. The van der Waals surface area contributed by atoms with E-state index in [9.17, 15) is 9.59 Å². The van der Waals surface area contributed by atoms with Gasteiger partial charge in [-0.05, 0) is 33.3 Å². The number of esters is 1. The number of aryl methyl sites for hydroxylation is 1. The molecule has 1 N–H and O–H groups in total. The van der Waals surface area contributed by atoms with Crippen LogP contribution in [0.2, 0.25) is 0 Å². The van der Waals surface area contributed by atoms with Gasteiger partial charge in [-0.15, -0.1) is 0 Å². The van der Waals surface area contributed by atoms with Gasteiger partial charge in [0.05, 0.1) is 12.2 Å². The number of carbonyl (C=O) groups excluding carboxylic acids is 2. The molecule has 1 amide bonds. The molecule has 100 valence electrons. The summed E-state index contributed by atoms with van der Waals surface area (Å²) in [4.78, 5) is 28.4. The molecule has 0 aliphatic rings.